The highest BCUT2D eigenvalue weighted by atomic mass is 35.5. The van der Waals surface area contributed by atoms with E-state index in [0.717, 1.165) is 16.7 Å². The highest BCUT2D eigenvalue weighted by Gasteiger charge is 2.12. The van der Waals surface area contributed by atoms with Crippen molar-refractivity contribution in [1.29, 1.82) is 5.26 Å². The van der Waals surface area contributed by atoms with Crippen LogP contribution in [0.3, 0.4) is 0 Å². The van der Waals surface area contributed by atoms with Crippen LogP contribution in [0.4, 0.5) is 0 Å². The largest absolute Gasteiger partial charge is 0.198 e. The molecule has 0 N–H and O–H groups in total. The number of benzene rings is 2. The second kappa shape index (κ2) is 6.03. The molecule has 0 heterocycles. The number of halogens is 4. The lowest BCUT2D eigenvalue weighted by Gasteiger charge is -2.11. The summed E-state index contributed by atoms with van der Waals surface area (Å²) < 4.78 is 0. The van der Waals surface area contributed by atoms with Crippen LogP contribution >= 0.6 is 46.4 Å². The minimum atomic E-state index is 0.243. The van der Waals surface area contributed by atoms with Gasteiger partial charge in [0.1, 0.15) is 0 Å². The molecule has 0 atom stereocenters. The van der Waals surface area contributed by atoms with E-state index in [9.17, 15) is 0 Å². The standard InChI is InChI=1S/C14H7Cl4N/c15-9-1-2-10(8(5-9)3-4-19)11-6-13(17)14(18)7-12(11)16/h1-2,5-7H,3H2. The van der Waals surface area contributed by atoms with Crippen molar-refractivity contribution < 1.29 is 0 Å². The van der Waals surface area contributed by atoms with E-state index in [-0.39, 0.29) is 6.42 Å². The molecule has 2 aromatic rings. The molecule has 0 aliphatic rings. The van der Waals surface area contributed by atoms with Crippen molar-refractivity contribution in [3.8, 4) is 17.2 Å². The first-order valence-corrected chi connectivity index (χ1v) is 6.84. The van der Waals surface area contributed by atoms with Gasteiger partial charge in [0.05, 0.1) is 22.5 Å². The lowest BCUT2D eigenvalue weighted by Crippen LogP contribution is -1.90. The van der Waals surface area contributed by atoms with Crippen LogP contribution in [0.1, 0.15) is 5.56 Å². The zero-order chi connectivity index (χ0) is 14.0. The molecule has 1 nitrogen and oxygen atoms in total. The second-order valence-corrected chi connectivity index (χ2v) is 5.54. The molecule has 0 saturated carbocycles. The number of nitriles is 1. The lowest BCUT2D eigenvalue weighted by atomic mass is 9.98. The summed E-state index contributed by atoms with van der Waals surface area (Å²) in [5.74, 6) is 0. The monoisotopic (exact) mass is 329 g/mol. The molecule has 0 radical (unpaired) electrons. The number of nitrogens with zero attached hydrogens (tertiary/aromatic N) is 1. The topological polar surface area (TPSA) is 23.8 Å². The van der Waals surface area contributed by atoms with Gasteiger partial charge in [-0.2, -0.15) is 5.26 Å². The molecule has 0 amide bonds. The number of hydrogen-bond acceptors (Lipinski definition) is 1. The molecule has 96 valence electrons. The zero-order valence-corrected chi connectivity index (χ0v) is 12.6. The molecular formula is C14H7Cl4N. The summed E-state index contributed by atoms with van der Waals surface area (Å²) in [6.07, 6.45) is 0.243. The maximum Gasteiger partial charge on any atom is 0.0669 e. The van der Waals surface area contributed by atoms with Crippen LogP contribution in [0.2, 0.25) is 20.1 Å². The summed E-state index contributed by atoms with van der Waals surface area (Å²) in [6, 6.07) is 10.7. The van der Waals surface area contributed by atoms with Crippen molar-refractivity contribution in [1.82, 2.24) is 0 Å². The van der Waals surface area contributed by atoms with Crippen LogP contribution < -0.4 is 0 Å². The van der Waals surface area contributed by atoms with Gasteiger partial charge in [0.25, 0.3) is 0 Å². The van der Waals surface area contributed by atoms with Crippen molar-refractivity contribution in [3.63, 3.8) is 0 Å². The zero-order valence-electron chi connectivity index (χ0n) is 9.55. The Kier molecular flexibility index (Phi) is 4.60. The van der Waals surface area contributed by atoms with E-state index in [0.29, 0.717) is 20.1 Å². The lowest BCUT2D eigenvalue weighted by molar-refractivity contribution is 1.26. The SMILES string of the molecule is N#CCc1cc(Cl)ccc1-c1cc(Cl)c(Cl)cc1Cl. The van der Waals surface area contributed by atoms with Crippen molar-refractivity contribution in [2.75, 3.05) is 0 Å². The van der Waals surface area contributed by atoms with E-state index in [1.165, 1.54) is 0 Å². The van der Waals surface area contributed by atoms with Gasteiger partial charge >= 0.3 is 0 Å². The maximum atomic E-state index is 8.88. The molecule has 0 spiro atoms. The summed E-state index contributed by atoms with van der Waals surface area (Å²) >= 11 is 24.1. The first kappa shape index (κ1) is 14.5. The van der Waals surface area contributed by atoms with Crippen LogP contribution in [0.25, 0.3) is 11.1 Å². The average molecular weight is 331 g/mol. The van der Waals surface area contributed by atoms with Gasteiger partial charge in [-0.25, -0.2) is 0 Å². The van der Waals surface area contributed by atoms with Crippen molar-refractivity contribution >= 4 is 46.4 Å². The number of rotatable bonds is 2. The average Bonchev–Trinajstić information content (AvgIpc) is 2.35. The first-order valence-electron chi connectivity index (χ1n) is 5.33. The molecule has 0 aromatic heterocycles. The summed E-state index contributed by atoms with van der Waals surface area (Å²) in [5.41, 5.74) is 2.36. The minimum absolute atomic E-state index is 0.243. The fourth-order valence-electron chi connectivity index (χ4n) is 1.79. The third kappa shape index (κ3) is 3.16. The highest BCUT2D eigenvalue weighted by Crippen LogP contribution is 2.37. The van der Waals surface area contributed by atoms with E-state index >= 15 is 0 Å². The fourth-order valence-corrected chi connectivity index (χ4v) is 2.63. The number of hydrogen-bond donors (Lipinski definition) is 0. The van der Waals surface area contributed by atoms with E-state index in [2.05, 4.69) is 6.07 Å². The van der Waals surface area contributed by atoms with Crippen molar-refractivity contribution in [2.45, 2.75) is 6.42 Å². The van der Waals surface area contributed by atoms with Crippen LogP contribution in [0.5, 0.6) is 0 Å². The molecular weight excluding hydrogens is 324 g/mol. The molecule has 0 aliphatic heterocycles. The third-order valence-electron chi connectivity index (χ3n) is 2.64. The Balaban J connectivity index is 2.65. The molecule has 0 unspecified atom stereocenters. The molecule has 2 aromatic carbocycles. The third-order valence-corrected chi connectivity index (χ3v) is 3.91. The predicted molar refractivity (Wildman–Crippen MR) is 81.2 cm³/mol. The van der Waals surface area contributed by atoms with Crippen LogP contribution in [-0.2, 0) is 6.42 Å². The van der Waals surface area contributed by atoms with Crippen LogP contribution in [-0.4, -0.2) is 0 Å². The second-order valence-electron chi connectivity index (χ2n) is 3.88. The van der Waals surface area contributed by atoms with E-state index in [4.69, 9.17) is 51.7 Å². The van der Waals surface area contributed by atoms with Crippen molar-refractivity contribution in [3.05, 3.63) is 56.0 Å². The maximum absolute atomic E-state index is 8.88. The summed E-state index contributed by atoms with van der Waals surface area (Å²) in [4.78, 5) is 0. The quantitative estimate of drug-likeness (QED) is 0.616. The van der Waals surface area contributed by atoms with Gasteiger partial charge in [-0.15, -0.1) is 0 Å². The molecule has 5 heteroatoms. The Bertz CT molecular complexity index is 674. The van der Waals surface area contributed by atoms with Gasteiger partial charge in [-0.1, -0.05) is 52.5 Å². The van der Waals surface area contributed by atoms with Crippen LogP contribution in [0, 0.1) is 11.3 Å². The Labute approximate surface area is 131 Å². The van der Waals surface area contributed by atoms with Crippen molar-refractivity contribution in [2.24, 2.45) is 0 Å². The Morgan fingerprint density at radius 3 is 2.21 bits per heavy atom. The highest BCUT2D eigenvalue weighted by molar-refractivity contribution is 6.44. The normalized spacial score (nSPS) is 10.3. The molecule has 0 fully saturated rings. The molecule has 0 saturated heterocycles. The fraction of sp³-hybridized carbons (Fsp3) is 0.0714. The molecule has 2 rings (SSSR count). The molecule has 0 aliphatic carbocycles. The van der Waals surface area contributed by atoms with Gasteiger partial charge in [-0.05, 0) is 35.4 Å². The van der Waals surface area contributed by atoms with E-state index in [1.54, 1.807) is 24.3 Å². The summed E-state index contributed by atoms with van der Waals surface area (Å²) in [5, 5.41) is 10.7. The Hall–Kier alpha value is -0.910. The van der Waals surface area contributed by atoms with Gasteiger partial charge in [0, 0.05) is 15.6 Å². The summed E-state index contributed by atoms with van der Waals surface area (Å²) in [7, 11) is 0. The van der Waals surface area contributed by atoms with E-state index < -0.39 is 0 Å². The van der Waals surface area contributed by atoms with Crippen LogP contribution in [0.15, 0.2) is 30.3 Å². The Morgan fingerprint density at radius 1 is 0.842 bits per heavy atom. The molecule has 0 bridgehead atoms. The van der Waals surface area contributed by atoms with Gasteiger partial charge in [0.15, 0.2) is 0 Å². The molecule has 19 heavy (non-hydrogen) atoms. The van der Waals surface area contributed by atoms with Gasteiger partial charge in [-0.3, -0.25) is 0 Å². The first-order chi connectivity index (χ1) is 9.02. The van der Waals surface area contributed by atoms with E-state index in [1.807, 2.05) is 6.07 Å². The summed E-state index contributed by atoms with van der Waals surface area (Å²) in [6.45, 7) is 0. The Morgan fingerprint density at radius 2 is 1.53 bits per heavy atom. The minimum Gasteiger partial charge on any atom is -0.198 e. The smallest absolute Gasteiger partial charge is 0.0669 e. The van der Waals surface area contributed by atoms with Gasteiger partial charge < -0.3 is 0 Å². The van der Waals surface area contributed by atoms with Gasteiger partial charge in [0.2, 0.25) is 0 Å². The predicted octanol–water partition coefficient (Wildman–Crippen LogP) is 6.03.